The smallest absolute Gasteiger partial charge is 0.0964 e. The van der Waals surface area contributed by atoms with Crippen LogP contribution in [0.25, 0.3) is 11.3 Å². The van der Waals surface area contributed by atoms with Crippen molar-refractivity contribution in [3.8, 4) is 11.3 Å². The highest BCUT2D eigenvalue weighted by Crippen LogP contribution is 2.11. The zero-order chi connectivity index (χ0) is 8.23. The fourth-order valence-corrected chi connectivity index (χ4v) is 0.918. The summed E-state index contributed by atoms with van der Waals surface area (Å²) in [6.07, 6.45) is 5.05. The van der Waals surface area contributed by atoms with Gasteiger partial charge in [-0.1, -0.05) is 0 Å². The normalized spacial score (nSPS) is 9.67. The molecule has 4 heteroatoms. The Hall–Kier alpha value is -1.84. The lowest BCUT2D eigenvalue weighted by Gasteiger charge is -1.95. The van der Waals surface area contributed by atoms with E-state index in [0.29, 0.717) is 0 Å². The summed E-state index contributed by atoms with van der Waals surface area (Å²) in [5, 5.41) is 11.0. The Morgan fingerprint density at radius 1 is 0.917 bits per heavy atom. The molecule has 2 aromatic heterocycles. The van der Waals surface area contributed by atoms with Gasteiger partial charge in [-0.15, -0.1) is 10.2 Å². The lowest BCUT2D eigenvalue weighted by Crippen LogP contribution is -1.88. The highest BCUT2D eigenvalue weighted by molar-refractivity contribution is 5.56. The van der Waals surface area contributed by atoms with Gasteiger partial charge in [0.1, 0.15) is 0 Å². The van der Waals surface area contributed by atoms with Crippen LogP contribution in [0, 0.1) is 0 Å². The summed E-state index contributed by atoms with van der Waals surface area (Å²) in [6.45, 7) is 0. The minimum Gasteiger partial charge on any atom is -0.265 e. The second kappa shape index (κ2) is 3.04. The van der Waals surface area contributed by atoms with Crippen LogP contribution in [-0.4, -0.2) is 20.4 Å². The largest absolute Gasteiger partial charge is 0.265 e. The van der Waals surface area contributed by atoms with Gasteiger partial charge < -0.3 is 0 Å². The molecule has 0 saturated heterocycles. The Kier molecular flexibility index (Phi) is 1.74. The van der Waals surface area contributed by atoms with Crippen molar-refractivity contribution in [2.24, 2.45) is 0 Å². The molecular weight excluding hydrogens is 152 g/mol. The van der Waals surface area contributed by atoms with E-state index < -0.39 is 0 Å². The molecule has 58 valence electrons. The van der Waals surface area contributed by atoms with E-state index in [-0.39, 0.29) is 0 Å². The van der Waals surface area contributed by atoms with Crippen LogP contribution < -0.4 is 0 Å². The molecule has 0 amide bonds. The van der Waals surface area contributed by atoms with E-state index in [2.05, 4.69) is 20.4 Å². The molecule has 4 nitrogen and oxygen atoms in total. The first-order valence-corrected chi connectivity index (χ1v) is 3.51. The average Bonchev–Trinajstić information content (AvgIpc) is 2.21. The summed E-state index contributed by atoms with van der Waals surface area (Å²) < 4.78 is 0. The van der Waals surface area contributed by atoms with Crippen molar-refractivity contribution in [2.45, 2.75) is 0 Å². The van der Waals surface area contributed by atoms with Gasteiger partial charge in [0.2, 0.25) is 0 Å². The van der Waals surface area contributed by atoms with E-state index in [9.17, 15) is 0 Å². The average molecular weight is 158 g/mol. The summed E-state index contributed by atoms with van der Waals surface area (Å²) in [6, 6.07) is 5.57. The van der Waals surface area contributed by atoms with Crippen LogP contribution in [0.1, 0.15) is 0 Å². The van der Waals surface area contributed by atoms with Crippen molar-refractivity contribution < 1.29 is 0 Å². The number of rotatable bonds is 1. The molecule has 0 N–H and O–H groups in total. The van der Waals surface area contributed by atoms with Crippen LogP contribution in [0.3, 0.4) is 0 Å². The van der Waals surface area contributed by atoms with E-state index >= 15 is 0 Å². The monoisotopic (exact) mass is 158 g/mol. The third-order valence-electron chi connectivity index (χ3n) is 1.48. The molecule has 0 atom stereocenters. The third kappa shape index (κ3) is 1.27. The molecule has 2 rings (SSSR count). The Morgan fingerprint density at radius 2 is 1.75 bits per heavy atom. The first-order chi connectivity index (χ1) is 5.97. The number of hydrogen-bond donors (Lipinski definition) is 0. The molecule has 0 aliphatic rings. The van der Waals surface area contributed by atoms with Crippen molar-refractivity contribution >= 4 is 0 Å². The van der Waals surface area contributed by atoms with Crippen molar-refractivity contribution in [1.29, 1.82) is 0 Å². The Bertz CT molecular complexity index is 308. The molecule has 0 aromatic carbocycles. The van der Waals surface area contributed by atoms with Gasteiger partial charge in [0.15, 0.2) is 0 Å². The first-order valence-electron chi connectivity index (χ1n) is 3.51. The molecule has 0 fully saturated rings. The van der Waals surface area contributed by atoms with Crippen LogP contribution in [0.5, 0.6) is 0 Å². The predicted octanol–water partition coefficient (Wildman–Crippen LogP) is 0.934. The number of nitrogens with zero attached hydrogens (tertiary/aromatic N) is 4. The minimum absolute atomic E-state index is 0.812. The fourth-order valence-electron chi connectivity index (χ4n) is 0.918. The molecule has 0 aliphatic carbocycles. The van der Waals surface area contributed by atoms with E-state index in [1.54, 1.807) is 18.6 Å². The SMILES string of the molecule is c1cc(-c2ccnnn2)ccn1. The Labute approximate surface area is 69.3 Å². The predicted molar refractivity (Wildman–Crippen MR) is 43.1 cm³/mol. The molecule has 0 spiro atoms. The quantitative estimate of drug-likeness (QED) is 0.619. The van der Waals surface area contributed by atoms with Crippen LogP contribution >= 0.6 is 0 Å². The summed E-state index contributed by atoms with van der Waals surface area (Å²) in [4.78, 5) is 3.91. The van der Waals surface area contributed by atoms with Crippen molar-refractivity contribution in [1.82, 2.24) is 20.4 Å². The molecule has 0 unspecified atom stereocenters. The molecule has 0 radical (unpaired) electrons. The molecule has 0 bridgehead atoms. The Balaban J connectivity index is 2.46. The summed E-state index contributed by atoms with van der Waals surface area (Å²) in [7, 11) is 0. The van der Waals surface area contributed by atoms with Crippen LogP contribution in [-0.2, 0) is 0 Å². The van der Waals surface area contributed by atoms with Crippen molar-refractivity contribution in [3.63, 3.8) is 0 Å². The topological polar surface area (TPSA) is 51.6 Å². The minimum atomic E-state index is 0.812. The van der Waals surface area contributed by atoms with Crippen molar-refractivity contribution in [2.75, 3.05) is 0 Å². The van der Waals surface area contributed by atoms with E-state index in [1.165, 1.54) is 0 Å². The maximum Gasteiger partial charge on any atom is 0.0964 e. The summed E-state index contributed by atoms with van der Waals surface area (Å²) >= 11 is 0. The Morgan fingerprint density at radius 3 is 2.42 bits per heavy atom. The number of hydrogen-bond acceptors (Lipinski definition) is 4. The maximum atomic E-state index is 3.91. The van der Waals surface area contributed by atoms with E-state index in [1.807, 2.05) is 18.2 Å². The van der Waals surface area contributed by atoms with E-state index in [0.717, 1.165) is 11.3 Å². The van der Waals surface area contributed by atoms with Gasteiger partial charge >= 0.3 is 0 Å². The zero-order valence-corrected chi connectivity index (χ0v) is 6.25. The molecule has 2 aromatic rings. The molecular formula is C8H6N4. The van der Waals surface area contributed by atoms with Gasteiger partial charge in [0, 0.05) is 18.0 Å². The third-order valence-corrected chi connectivity index (χ3v) is 1.48. The number of pyridine rings is 1. The van der Waals surface area contributed by atoms with Crippen LogP contribution in [0.2, 0.25) is 0 Å². The molecule has 12 heavy (non-hydrogen) atoms. The van der Waals surface area contributed by atoms with Gasteiger partial charge in [0.25, 0.3) is 0 Å². The van der Waals surface area contributed by atoms with Crippen LogP contribution in [0.4, 0.5) is 0 Å². The number of aromatic nitrogens is 4. The van der Waals surface area contributed by atoms with Crippen molar-refractivity contribution in [3.05, 3.63) is 36.8 Å². The van der Waals surface area contributed by atoms with E-state index in [4.69, 9.17) is 0 Å². The standard InChI is InChI=1S/C8H6N4/c1-4-9-5-2-7(1)8-3-6-10-12-11-8/h1-6H. The lowest BCUT2D eigenvalue weighted by atomic mass is 10.2. The highest BCUT2D eigenvalue weighted by atomic mass is 15.3. The second-order valence-corrected chi connectivity index (χ2v) is 2.24. The molecule has 0 saturated carbocycles. The van der Waals surface area contributed by atoms with Crippen LogP contribution in [0.15, 0.2) is 36.8 Å². The van der Waals surface area contributed by atoms with Gasteiger partial charge in [-0.05, 0) is 23.4 Å². The van der Waals surface area contributed by atoms with Gasteiger partial charge in [-0.25, -0.2) is 0 Å². The summed E-state index contributed by atoms with van der Waals surface area (Å²) in [5.41, 5.74) is 1.81. The second-order valence-electron chi connectivity index (χ2n) is 2.24. The maximum absolute atomic E-state index is 3.91. The molecule has 2 heterocycles. The van der Waals surface area contributed by atoms with Gasteiger partial charge in [-0.2, -0.15) is 0 Å². The van der Waals surface area contributed by atoms with Gasteiger partial charge in [0.05, 0.1) is 11.9 Å². The summed E-state index contributed by atoms with van der Waals surface area (Å²) in [5.74, 6) is 0. The highest BCUT2D eigenvalue weighted by Gasteiger charge is 1.95. The zero-order valence-electron chi connectivity index (χ0n) is 6.25. The van der Waals surface area contributed by atoms with Gasteiger partial charge in [-0.3, -0.25) is 4.98 Å². The lowest BCUT2D eigenvalue weighted by molar-refractivity contribution is 0.870. The fraction of sp³-hybridized carbons (Fsp3) is 0. The first kappa shape index (κ1) is 6.84. The molecule has 0 aliphatic heterocycles.